The van der Waals surface area contributed by atoms with Crippen LogP contribution in [0.1, 0.15) is 26.4 Å². The van der Waals surface area contributed by atoms with Crippen molar-refractivity contribution in [3.05, 3.63) is 77.0 Å². The fraction of sp³-hybridized carbons (Fsp3) is 0.105. The first-order valence-electron chi connectivity index (χ1n) is 7.74. The average molecular weight is 373 g/mol. The van der Waals surface area contributed by atoms with Crippen LogP contribution in [0.25, 0.3) is 11.3 Å². The molecule has 3 aromatic rings. The average Bonchev–Trinajstić information content (AvgIpc) is 3.14. The summed E-state index contributed by atoms with van der Waals surface area (Å²) in [6.07, 6.45) is 0. The number of esters is 2. The number of halogens is 2. The van der Waals surface area contributed by atoms with Crippen molar-refractivity contribution in [3.63, 3.8) is 0 Å². The Kier molecular flexibility index (Phi) is 5.25. The largest absolute Gasteiger partial charge is 0.465 e. The van der Waals surface area contributed by atoms with Gasteiger partial charge in [-0.05, 0) is 36.4 Å². The molecular weight excluding hydrogens is 360 g/mol. The molecule has 0 amide bonds. The highest BCUT2D eigenvalue weighted by Gasteiger charge is 2.15. The van der Waals surface area contributed by atoms with Crippen LogP contribution in [0.15, 0.2) is 53.1 Å². The van der Waals surface area contributed by atoms with Gasteiger partial charge in [0.25, 0.3) is 0 Å². The van der Waals surface area contributed by atoms with Crippen molar-refractivity contribution in [1.29, 1.82) is 0 Å². The zero-order chi connectivity index (χ0) is 19.4. The van der Waals surface area contributed by atoms with Crippen LogP contribution in [0.5, 0.6) is 0 Å². The summed E-state index contributed by atoms with van der Waals surface area (Å²) in [6.45, 7) is -0.204. The molecule has 0 saturated heterocycles. The maximum absolute atomic E-state index is 13.7. The third-order valence-electron chi connectivity index (χ3n) is 3.65. The number of methoxy groups -OCH3 is 1. The van der Waals surface area contributed by atoms with E-state index in [1.165, 1.54) is 43.5 Å². The van der Waals surface area contributed by atoms with Gasteiger partial charge in [0.2, 0.25) is 0 Å². The zero-order valence-corrected chi connectivity index (χ0v) is 14.1. The first kappa shape index (κ1) is 18.2. The van der Waals surface area contributed by atoms with Crippen LogP contribution in [-0.4, -0.2) is 24.2 Å². The highest BCUT2D eigenvalue weighted by atomic mass is 19.1. The van der Waals surface area contributed by atoms with Crippen LogP contribution in [0.3, 0.4) is 0 Å². The Morgan fingerprint density at radius 2 is 1.67 bits per heavy atom. The summed E-state index contributed by atoms with van der Waals surface area (Å²) in [7, 11) is 1.26. The lowest BCUT2D eigenvalue weighted by Gasteiger charge is -2.03. The van der Waals surface area contributed by atoms with Gasteiger partial charge in [-0.15, -0.1) is 0 Å². The van der Waals surface area contributed by atoms with Gasteiger partial charge in [-0.2, -0.15) is 0 Å². The smallest absolute Gasteiger partial charge is 0.338 e. The summed E-state index contributed by atoms with van der Waals surface area (Å²) in [5.74, 6) is -2.56. The second kappa shape index (κ2) is 7.77. The molecule has 8 heteroatoms. The monoisotopic (exact) mass is 373 g/mol. The lowest BCUT2D eigenvalue weighted by Crippen LogP contribution is -2.07. The molecule has 0 aliphatic heterocycles. The lowest BCUT2D eigenvalue weighted by atomic mass is 10.1. The van der Waals surface area contributed by atoms with E-state index in [0.29, 0.717) is 5.56 Å². The van der Waals surface area contributed by atoms with Gasteiger partial charge in [-0.1, -0.05) is 5.16 Å². The molecule has 0 aliphatic carbocycles. The van der Waals surface area contributed by atoms with Gasteiger partial charge in [0.15, 0.2) is 5.76 Å². The molecule has 0 bridgehead atoms. The Hall–Kier alpha value is -3.55. The Morgan fingerprint density at radius 3 is 2.30 bits per heavy atom. The molecule has 0 unspecified atom stereocenters. The number of aromatic nitrogens is 1. The van der Waals surface area contributed by atoms with E-state index in [0.717, 1.165) is 12.1 Å². The van der Waals surface area contributed by atoms with Crippen LogP contribution < -0.4 is 0 Å². The summed E-state index contributed by atoms with van der Waals surface area (Å²) >= 11 is 0. The standard InChI is InChI=1S/C19H13F2NO5/c1-25-18(23)11-2-4-12(5-3-11)19(24)26-10-14-9-17(27-22-14)15-7-6-13(20)8-16(15)21/h2-9H,10H2,1H3. The lowest BCUT2D eigenvalue weighted by molar-refractivity contribution is 0.0463. The van der Waals surface area contributed by atoms with Crippen molar-refractivity contribution < 1.29 is 32.4 Å². The second-order valence-electron chi connectivity index (χ2n) is 5.45. The summed E-state index contributed by atoms with van der Waals surface area (Å²) in [5, 5.41) is 3.70. The molecule has 3 rings (SSSR count). The van der Waals surface area contributed by atoms with Crippen LogP contribution in [0, 0.1) is 11.6 Å². The molecule has 6 nitrogen and oxygen atoms in total. The first-order chi connectivity index (χ1) is 13.0. The summed E-state index contributed by atoms with van der Waals surface area (Å²) < 4.78 is 41.4. The van der Waals surface area contributed by atoms with Gasteiger partial charge in [0.1, 0.15) is 23.9 Å². The van der Waals surface area contributed by atoms with Crippen molar-refractivity contribution >= 4 is 11.9 Å². The van der Waals surface area contributed by atoms with Crippen LogP contribution in [0.2, 0.25) is 0 Å². The van der Waals surface area contributed by atoms with Crippen molar-refractivity contribution in [2.75, 3.05) is 7.11 Å². The third kappa shape index (κ3) is 4.17. The van der Waals surface area contributed by atoms with E-state index < -0.39 is 23.6 Å². The molecule has 0 aliphatic rings. The number of benzene rings is 2. The highest BCUT2D eigenvalue weighted by Crippen LogP contribution is 2.24. The molecule has 138 valence electrons. The van der Waals surface area contributed by atoms with E-state index in [2.05, 4.69) is 9.89 Å². The summed E-state index contributed by atoms with van der Waals surface area (Å²) in [4.78, 5) is 23.4. The number of nitrogens with zero attached hydrogens (tertiary/aromatic N) is 1. The molecule has 2 aromatic carbocycles. The van der Waals surface area contributed by atoms with Gasteiger partial charge in [0.05, 0.1) is 23.8 Å². The Morgan fingerprint density at radius 1 is 1.00 bits per heavy atom. The van der Waals surface area contributed by atoms with Crippen molar-refractivity contribution in [2.45, 2.75) is 6.61 Å². The SMILES string of the molecule is COC(=O)c1ccc(C(=O)OCc2cc(-c3ccc(F)cc3F)on2)cc1. The van der Waals surface area contributed by atoms with E-state index in [4.69, 9.17) is 9.26 Å². The molecule has 1 heterocycles. The normalized spacial score (nSPS) is 10.5. The van der Waals surface area contributed by atoms with Crippen molar-refractivity contribution in [2.24, 2.45) is 0 Å². The quantitative estimate of drug-likeness (QED) is 0.634. The van der Waals surface area contributed by atoms with Gasteiger partial charge >= 0.3 is 11.9 Å². The predicted molar refractivity (Wildman–Crippen MR) is 88.8 cm³/mol. The molecule has 27 heavy (non-hydrogen) atoms. The van der Waals surface area contributed by atoms with E-state index in [1.54, 1.807) is 0 Å². The summed E-state index contributed by atoms with van der Waals surface area (Å²) in [5.41, 5.74) is 0.834. The third-order valence-corrected chi connectivity index (χ3v) is 3.65. The fourth-order valence-corrected chi connectivity index (χ4v) is 2.28. The minimum Gasteiger partial charge on any atom is -0.465 e. The Bertz CT molecular complexity index is 982. The molecular formula is C19H13F2NO5. The van der Waals surface area contributed by atoms with Gasteiger partial charge in [-0.25, -0.2) is 18.4 Å². The maximum Gasteiger partial charge on any atom is 0.338 e. The van der Waals surface area contributed by atoms with E-state index in [1.807, 2.05) is 0 Å². The molecule has 1 aromatic heterocycles. The Balaban J connectivity index is 1.64. The van der Waals surface area contributed by atoms with Gasteiger partial charge in [-0.3, -0.25) is 0 Å². The molecule has 0 N–H and O–H groups in total. The van der Waals surface area contributed by atoms with Crippen LogP contribution in [-0.2, 0) is 16.1 Å². The number of ether oxygens (including phenoxy) is 2. The first-order valence-corrected chi connectivity index (χ1v) is 7.74. The molecule has 0 radical (unpaired) electrons. The predicted octanol–water partition coefficient (Wildman–Crippen LogP) is 3.76. The van der Waals surface area contributed by atoms with Crippen molar-refractivity contribution in [1.82, 2.24) is 5.16 Å². The second-order valence-corrected chi connectivity index (χ2v) is 5.45. The van der Waals surface area contributed by atoms with Gasteiger partial charge in [0, 0.05) is 12.1 Å². The molecule has 0 spiro atoms. The molecule has 0 fully saturated rings. The van der Waals surface area contributed by atoms with Crippen LogP contribution in [0.4, 0.5) is 8.78 Å². The summed E-state index contributed by atoms with van der Waals surface area (Å²) in [6, 6.07) is 10.2. The molecule has 0 saturated carbocycles. The number of carbonyl (C=O) groups is 2. The topological polar surface area (TPSA) is 78.6 Å². The zero-order valence-electron chi connectivity index (χ0n) is 14.1. The highest BCUT2D eigenvalue weighted by molar-refractivity contribution is 5.93. The van der Waals surface area contributed by atoms with E-state index in [9.17, 15) is 18.4 Å². The van der Waals surface area contributed by atoms with Gasteiger partial charge < -0.3 is 14.0 Å². The Labute approximate surface area is 152 Å². The van der Waals surface area contributed by atoms with E-state index >= 15 is 0 Å². The maximum atomic E-state index is 13.7. The van der Waals surface area contributed by atoms with Crippen LogP contribution >= 0.6 is 0 Å². The minimum absolute atomic E-state index is 0.0416. The number of hydrogen-bond acceptors (Lipinski definition) is 6. The minimum atomic E-state index is -0.791. The van der Waals surface area contributed by atoms with Crippen molar-refractivity contribution in [3.8, 4) is 11.3 Å². The number of rotatable bonds is 5. The number of carbonyl (C=O) groups excluding carboxylic acids is 2. The fourth-order valence-electron chi connectivity index (χ4n) is 2.28. The van der Waals surface area contributed by atoms with E-state index in [-0.39, 0.29) is 29.2 Å². The number of hydrogen-bond donors (Lipinski definition) is 0. The molecule has 0 atom stereocenters.